The smallest absolute Gasteiger partial charge is 0.325 e. The number of fused-ring (bicyclic) bond motifs is 4. The van der Waals surface area contributed by atoms with Crippen molar-refractivity contribution in [2.75, 3.05) is 7.11 Å². The SMILES string of the molecule is COC1c2c([nH]c3ccccc23)C(c2ccccc2)N2C(=O)NC(=O)C12C. The number of imide groups is 1. The maximum Gasteiger partial charge on any atom is 0.325 e. The van der Waals surface area contributed by atoms with Gasteiger partial charge < -0.3 is 9.72 Å². The zero-order chi connectivity index (χ0) is 18.8. The first kappa shape index (κ1) is 16.1. The Hall–Kier alpha value is -3.12. The molecule has 1 fully saturated rings. The van der Waals surface area contributed by atoms with Gasteiger partial charge in [0.2, 0.25) is 0 Å². The standard InChI is InChI=1S/C21H19N3O3/c1-21-18(27-2)15-13-10-6-7-11-14(13)22-16(15)17(12-8-4-3-5-9-12)24(21)20(26)23-19(21)25/h3-11,17-18,22H,1-2H3,(H,23,25,26). The van der Waals surface area contributed by atoms with E-state index in [1.165, 1.54) is 0 Å². The number of benzene rings is 2. The number of H-pyrrole nitrogens is 1. The number of nitrogens with zero attached hydrogens (tertiary/aromatic N) is 1. The molecule has 3 amide bonds. The Morgan fingerprint density at radius 2 is 1.74 bits per heavy atom. The molecular weight excluding hydrogens is 342 g/mol. The minimum atomic E-state index is -1.13. The Morgan fingerprint density at radius 1 is 1.04 bits per heavy atom. The summed E-state index contributed by atoms with van der Waals surface area (Å²) >= 11 is 0. The van der Waals surface area contributed by atoms with Crippen molar-refractivity contribution in [1.82, 2.24) is 15.2 Å². The molecule has 0 saturated carbocycles. The van der Waals surface area contributed by atoms with E-state index in [4.69, 9.17) is 4.74 Å². The Balaban J connectivity index is 1.88. The molecule has 1 aromatic heterocycles. The molecule has 2 aromatic carbocycles. The van der Waals surface area contributed by atoms with E-state index in [1.54, 1.807) is 18.9 Å². The molecule has 0 bridgehead atoms. The largest absolute Gasteiger partial charge is 0.374 e. The Labute approximate surface area is 156 Å². The summed E-state index contributed by atoms with van der Waals surface area (Å²) in [5.41, 5.74) is 2.59. The first-order valence-corrected chi connectivity index (χ1v) is 8.90. The topological polar surface area (TPSA) is 74.4 Å². The van der Waals surface area contributed by atoms with Crippen molar-refractivity contribution in [2.45, 2.75) is 24.6 Å². The molecule has 3 heterocycles. The van der Waals surface area contributed by atoms with Gasteiger partial charge in [0, 0.05) is 29.3 Å². The molecule has 6 heteroatoms. The van der Waals surface area contributed by atoms with Gasteiger partial charge in [-0.2, -0.15) is 0 Å². The van der Waals surface area contributed by atoms with Gasteiger partial charge >= 0.3 is 6.03 Å². The zero-order valence-corrected chi connectivity index (χ0v) is 15.0. The summed E-state index contributed by atoms with van der Waals surface area (Å²) in [6.07, 6.45) is -0.574. The van der Waals surface area contributed by atoms with Crippen LogP contribution in [0.1, 0.15) is 35.9 Å². The van der Waals surface area contributed by atoms with Crippen LogP contribution in [-0.2, 0) is 9.53 Å². The fraction of sp³-hybridized carbons (Fsp3) is 0.238. The second-order valence-electron chi connectivity index (χ2n) is 7.20. The Bertz CT molecular complexity index is 1070. The molecule has 27 heavy (non-hydrogen) atoms. The molecule has 5 rings (SSSR count). The molecule has 1 saturated heterocycles. The number of urea groups is 1. The highest BCUT2D eigenvalue weighted by Gasteiger charge is 2.62. The van der Waals surface area contributed by atoms with Crippen LogP contribution in [-0.4, -0.2) is 34.5 Å². The minimum Gasteiger partial charge on any atom is -0.374 e. The monoisotopic (exact) mass is 361 g/mol. The summed E-state index contributed by atoms with van der Waals surface area (Å²) in [5, 5.41) is 3.50. The van der Waals surface area contributed by atoms with Gasteiger partial charge in [-0.3, -0.25) is 15.0 Å². The molecule has 0 spiro atoms. The van der Waals surface area contributed by atoms with E-state index in [0.717, 1.165) is 27.7 Å². The highest BCUT2D eigenvalue weighted by Crippen LogP contribution is 2.52. The van der Waals surface area contributed by atoms with Crippen LogP contribution in [0.5, 0.6) is 0 Å². The van der Waals surface area contributed by atoms with Crippen LogP contribution in [0.15, 0.2) is 54.6 Å². The van der Waals surface area contributed by atoms with Crippen LogP contribution >= 0.6 is 0 Å². The van der Waals surface area contributed by atoms with Crippen molar-refractivity contribution in [3.05, 3.63) is 71.4 Å². The third-order valence-corrected chi connectivity index (χ3v) is 5.83. The molecule has 0 radical (unpaired) electrons. The van der Waals surface area contributed by atoms with E-state index >= 15 is 0 Å². The van der Waals surface area contributed by atoms with E-state index in [2.05, 4.69) is 10.3 Å². The number of ether oxygens (including phenoxy) is 1. The van der Waals surface area contributed by atoms with E-state index in [9.17, 15) is 9.59 Å². The minimum absolute atomic E-state index is 0.337. The number of rotatable bonds is 2. The summed E-state index contributed by atoms with van der Waals surface area (Å²) in [6, 6.07) is 16.9. The molecule has 3 unspecified atom stereocenters. The van der Waals surface area contributed by atoms with Crippen molar-refractivity contribution >= 4 is 22.8 Å². The lowest BCUT2D eigenvalue weighted by Crippen LogP contribution is -2.56. The summed E-state index contributed by atoms with van der Waals surface area (Å²) < 4.78 is 5.83. The number of hydrogen-bond donors (Lipinski definition) is 2. The van der Waals surface area contributed by atoms with Gasteiger partial charge in [-0.1, -0.05) is 48.5 Å². The van der Waals surface area contributed by atoms with E-state index < -0.39 is 23.7 Å². The van der Waals surface area contributed by atoms with Crippen LogP contribution in [0.3, 0.4) is 0 Å². The number of aromatic nitrogens is 1. The first-order chi connectivity index (χ1) is 13.1. The van der Waals surface area contributed by atoms with Crippen molar-refractivity contribution < 1.29 is 14.3 Å². The molecular formula is C21H19N3O3. The van der Waals surface area contributed by atoms with Gasteiger partial charge in [-0.15, -0.1) is 0 Å². The summed E-state index contributed by atoms with van der Waals surface area (Å²) in [4.78, 5) is 30.8. The van der Waals surface area contributed by atoms with E-state index in [-0.39, 0.29) is 5.91 Å². The third-order valence-electron chi connectivity index (χ3n) is 5.83. The van der Waals surface area contributed by atoms with Crippen molar-refractivity contribution in [3.63, 3.8) is 0 Å². The highest BCUT2D eigenvalue weighted by molar-refractivity contribution is 6.08. The molecule has 2 N–H and O–H groups in total. The maximum atomic E-state index is 12.9. The summed E-state index contributed by atoms with van der Waals surface area (Å²) in [5.74, 6) is -0.337. The van der Waals surface area contributed by atoms with Gasteiger partial charge in [-0.25, -0.2) is 4.79 Å². The highest BCUT2D eigenvalue weighted by atomic mass is 16.5. The number of amides is 3. The van der Waals surface area contributed by atoms with Gasteiger partial charge in [0.05, 0.1) is 0 Å². The summed E-state index contributed by atoms with van der Waals surface area (Å²) in [7, 11) is 1.58. The Kier molecular flexibility index (Phi) is 3.24. The van der Waals surface area contributed by atoms with Crippen molar-refractivity contribution in [3.8, 4) is 0 Å². The van der Waals surface area contributed by atoms with Crippen molar-refractivity contribution in [2.24, 2.45) is 0 Å². The number of methoxy groups -OCH3 is 1. The lowest BCUT2D eigenvalue weighted by atomic mass is 9.78. The predicted octanol–water partition coefficient (Wildman–Crippen LogP) is 3.27. The number of hydrogen-bond acceptors (Lipinski definition) is 3. The fourth-order valence-corrected chi connectivity index (χ4v) is 4.63. The number of para-hydroxylation sites is 1. The lowest BCUT2D eigenvalue weighted by molar-refractivity contribution is -0.136. The molecule has 3 aromatic rings. The van der Waals surface area contributed by atoms with E-state index in [0.29, 0.717) is 0 Å². The number of nitrogens with one attached hydrogen (secondary N) is 2. The van der Waals surface area contributed by atoms with Crippen LogP contribution in [0.2, 0.25) is 0 Å². The van der Waals surface area contributed by atoms with Gasteiger partial charge in [0.15, 0.2) is 5.54 Å². The molecule has 3 atom stereocenters. The van der Waals surface area contributed by atoms with E-state index in [1.807, 2.05) is 54.6 Å². The van der Waals surface area contributed by atoms with Gasteiger partial charge in [0.25, 0.3) is 5.91 Å². The molecule has 136 valence electrons. The normalized spacial score (nSPS) is 26.8. The first-order valence-electron chi connectivity index (χ1n) is 8.90. The second kappa shape index (κ2) is 5.44. The summed E-state index contributed by atoms with van der Waals surface area (Å²) in [6.45, 7) is 1.78. The number of carbonyl (C=O) groups excluding carboxylic acids is 2. The average Bonchev–Trinajstić information content (AvgIpc) is 3.16. The van der Waals surface area contributed by atoms with Crippen molar-refractivity contribution in [1.29, 1.82) is 0 Å². The third kappa shape index (κ3) is 1.93. The van der Waals surface area contributed by atoms with Crippen LogP contribution in [0.25, 0.3) is 10.9 Å². The van der Waals surface area contributed by atoms with Crippen LogP contribution < -0.4 is 5.32 Å². The number of carbonyl (C=O) groups is 2. The maximum absolute atomic E-state index is 12.9. The van der Waals surface area contributed by atoms with Crippen LogP contribution in [0.4, 0.5) is 4.79 Å². The molecule has 2 aliphatic rings. The molecule has 2 aliphatic heterocycles. The predicted molar refractivity (Wildman–Crippen MR) is 100 cm³/mol. The Morgan fingerprint density at radius 3 is 2.48 bits per heavy atom. The number of aromatic amines is 1. The quantitative estimate of drug-likeness (QED) is 0.688. The molecule has 6 nitrogen and oxygen atoms in total. The zero-order valence-electron chi connectivity index (χ0n) is 15.0. The van der Waals surface area contributed by atoms with Gasteiger partial charge in [-0.05, 0) is 18.6 Å². The average molecular weight is 361 g/mol. The fourth-order valence-electron chi connectivity index (χ4n) is 4.63. The van der Waals surface area contributed by atoms with Crippen LogP contribution in [0, 0.1) is 0 Å². The second-order valence-corrected chi connectivity index (χ2v) is 7.20. The van der Waals surface area contributed by atoms with Gasteiger partial charge in [0.1, 0.15) is 12.1 Å². The molecule has 0 aliphatic carbocycles. The lowest BCUT2D eigenvalue weighted by Gasteiger charge is -2.46.